The fourth-order valence-electron chi connectivity index (χ4n) is 4.86. The van der Waals surface area contributed by atoms with E-state index in [9.17, 15) is 0 Å². The third-order valence-electron chi connectivity index (χ3n) is 6.49. The van der Waals surface area contributed by atoms with E-state index < -0.39 is 0 Å². The van der Waals surface area contributed by atoms with Crippen LogP contribution in [0.5, 0.6) is 17.4 Å². The van der Waals surface area contributed by atoms with Crippen molar-refractivity contribution in [2.24, 2.45) is 0 Å². The molecule has 0 amide bonds. The number of hydrogen-bond donors (Lipinski definition) is 0. The van der Waals surface area contributed by atoms with Gasteiger partial charge < -0.3 is 9.47 Å². The van der Waals surface area contributed by atoms with Crippen LogP contribution in [-0.2, 0) is 0 Å². The molecule has 7 heteroatoms. The number of ether oxygens (including phenoxy) is 2. The Bertz CT molecular complexity index is 1710. The molecule has 0 spiro atoms. The first-order valence-corrected chi connectivity index (χ1v) is 11.3. The summed E-state index contributed by atoms with van der Waals surface area (Å²) in [6.45, 7) is 0. The van der Waals surface area contributed by atoms with Gasteiger partial charge in [-0.05, 0) is 46.7 Å². The molecule has 0 unspecified atom stereocenters. The van der Waals surface area contributed by atoms with Crippen molar-refractivity contribution in [3.05, 3.63) is 108 Å². The Morgan fingerprint density at radius 2 is 1.71 bits per heavy atom. The molecule has 35 heavy (non-hydrogen) atoms. The molecule has 3 aromatic heterocycles. The number of fused-ring (bicyclic) bond motifs is 6. The second-order valence-corrected chi connectivity index (χ2v) is 8.41. The van der Waals surface area contributed by atoms with Gasteiger partial charge in [0, 0.05) is 29.4 Å². The molecule has 7 nitrogen and oxygen atoms in total. The van der Waals surface area contributed by atoms with Crippen molar-refractivity contribution in [1.82, 2.24) is 24.6 Å². The largest absolute Gasteiger partial charge is 0.497 e. The summed E-state index contributed by atoms with van der Waals surface area (Å²) >= 11 is 0. The number of methoxy groups -OCH3 is 1. The Morgan fingerprint density at radius 3 is 2.54 bits per heavy atom. The van der Waals surface area contributed by atoms with Gasteiger partial charge >= 0.3 is 0 Å². The van der Waals surface area contributed by atoms with Crippen molar-refractivity contribution < 1.29 is 9.47 Å². The average molecular weight is 457 g/mol. The molecular weight excluding hydrogens is 438 g/mol. The highest BCUT2D eigenvalue weighted by Gasteiger charge is 2.34. The van der Waals surface area contributed by atoms with E-state index in [0.717, 1.165) is 44.5 Å². The van der Waals surface area contributed by atoms with Crippen LogP contribution in [0.25, 0.3) is 27.8 Å². The van der Waals surface area contributed by atoms with Crippen molar-refractivity contribution >= 4 is 16.4 Å². The molecule has 0 saturated carbocycles. The Morgan fingerprint density at radius 1 is 0.886 bits per heavy atom. The first-order valence-electron chi connectivity index (χ1n) is 11.3. The number of pyridine rings is 1. The highest BCUT2D eigenvalue weighted by Crippen LogP contribution is 2.50. The van der Waals surface area contributed by atoms with Gasteiger partial charge in [0.05, 0.1) is 12.7 Å². The van der Waals surface area contributed by atoms with Gasteiger partial charge in [-0.1, -0.05) is 42.5 Å². The van der Waals surface area contributed by atoms with Crippen molar-refractivity contribution in [2.45, 2.75) is 5.92 Å². The van der Waals surface area contributed by atoms with Crippen LogP contribution in [0.15, 0.2) is 91.5 Å². The highest BCUT2D eigenvalue weighted by atomic mass is 16.5. The molecule has 4 heterocycles. The summed E-state index contributed by atoms with van der Waals surface area (Å²) in [6, 6.07) is 24.4. The van der Waals surface area contributed by atoms with E-state index in [4.69, 9.17) is 19.6 Å². The maximum Gasteiger partial charge on any atom is 0.228 e. The number of rotatable bonds is 3. The molecule has 0 N–H and O–H groups in total. The maximum atomic E-state index is 6.38. The lowest BCUT2D eigenvalue weighted by molar-refractivity contribution is 0.414. The lowest BCUT2D eigenvalue weighted by Crippen LogP contribution is -2.15. The molecule has 0 fully saturated rings. The van der Waals surface area contributed by atoms with E-state index in [0.29, 0.717) is 17.4 Å². The fourth-order valence-corrected chi connectivity index (χ4v) is 4.86. The van der Waals surface area contributed by atoms with Crippen molar-refractivity contribution in [3.63, 3.8) is 0 Å². The quantitative estimate of drug-likeness (QED) is 0.342. The van der Waals surface area contributed by atoms with Crippen LogP contribution in [0.2, 0.25) is 0 Å². The lowest BCUT2D eigenvalue weighted by atomic mass is 9.81. The summed E-state index contributed by atoms with van der Waals surface area (Å²) < 4.78 is 13.5. The molecule has 0 radical (unpaired) electrons. The van der Waals surface area contributed by atoms with Gasteiger partial charge in [0.15, 0.2) is 11.5 Å². The minimum absolute atomic E-state index is 0.156. The molecule has 0 saturated heterocycles. The normalized spacial score (nSPS) is 14.4. The second-order valence-electron chi connectivity index (χ2n) is 8.41. The summed E-state index contributed by atoms with van der Waals surface area (Å²) in [5.41, 5.74) is 4.66. The van der Waals surface area contributed by atoms with Crippen molar-refractivity contribution in [1.29, 1.82) is 0 Å². The molecule has 1 atom stereocenters. The van der Waals surface area contributed by atoms with Gasteiger partial charge in [-0.2, -0.15) is 0 Å². The molecule has 0 aliphatic carbocycles. The van der Waals surface area contributed by atoms with Crippen molar-refractivity contribution in [2.75, 3.05) is 7.11 Å². The van der Waals surface area contributed by atoms with Crippen LogP contribution in [-0.4, -0.2) is 31.7 Å². The predicted molar refractivity (Wildman–Crippen MR) is 132 cm³/mol. The van der Waals surface area contributed by atoms with E-state index in [2.05, 4.69) is 46.4 Å². The lowest BCUT2D eigenvalue weighted by Gasteiger charge is -2.29. The van der Waals surface area contributed by atoms with Crippen LogP contribution in [0, 0.1) is 0 Å². The van der Waals surface area contributed by atoms with Crippen LogP contribution >= 0.6 is 0 Å². The molecule has 168 valence electrons. The van der Waals surface area contributed by atoms with E-state index >= 15 is 0 Å². The van der Waals surface area contributed by atoms with E-state index in [1.54, 1.807) is 30.3 Å². The summed E-state index contributed by atoms with van der Waals surface area (Å²) in [5, 5.41) is 6.99. The summed E-state index contributed by atoms with van der Waals surface area (Å²) in [5.74, 6) is 2.59. The zero-order valence-corrected chi connectivity index (χ0v) is 18.8. The van der Waals surface area contributed by atoms with Gasteiger partial charge in [0.2, 0.25) is 5.88 Å². The smallest absolute Gasteiger partial charge is 0.228 e. The molecule has 6 aromatic rings. The van der Waals surface area contributed by atoms with Crippen LogP contribution in [0.3, 0.4) is 0 Å². The third-order valence-corrected chi connectivity index (χ3v) is 6.49. The van der Waals surface area contributed by atoms with Crippen LogP contribution in [0.1, 0.15) is 22.6 Å². The van der Waals surface area contributed by atoms with E-state index in [-0.39, 0.29) is 5.92 Å². The first-order chi connectivity index (χ1) is 17.3. The standard InChI is InChI=1S/C28H19N5O2/c1-34-20-9-6-18(7-10-20)23-24-21-5-3-2-4-17(21)8-11-22(24)35-28-25(23)27-31-26(32-33(27)16-30-28)19-12-14-29-15-13-19/h2-16,23H,1H3/t23-/m0/s1. The van der Waals surface area contributed by atoms with Gasteiger partial charge in [-0.15, -0.1) is 5.10 Å². The monoisotopic (exact) mass is 457 g/mol. The number of benzene rings is 3. The Hall–Kier alpha value is -4.78. The zero-order valence-electron chi connectivity index (χ0n) is 18.8. The maximum absolute atomic E-state index is 6.38. The van der Waals surface area contributed by atoms with Gasteiger partial charge in [-0.25, -0.2) is 14.5 Å². The topological polar surface area (TPSA) is 74.4 Å². The Balaban J connectivity index is 1.53. The predicted octanol–water partition coefficient (Wildman–Crippen LogP) is 5.63. The SMILES string of the molecule is COc1ccc([C@H]2c3c(ccc4ccccc34)Oc3ncn4nc(-c5ccncc5)nc4c32)cc1. The average Bonchev–Trinajstić information content (AvgIpc) is 3.37. The Kier molecular flexibility index (Phi) is 4.29. The van der Waals surface area contributed by atoms with Crippen LogP contribution < -0.4 is 9.47 Å². The molecule has 1 aliphatic heterocycles. The molecule has 3 aromatic carbocycles. The first kappa shape index (κ1) is 19.7. The number of hydrogen-bond acceptors (Lipinski definition) is 6. The van der Waals surface area contributed by atoms with E-state index in [1.165, 1.54) is 0 Å². The third kappa shape index (κ3) is 3.05. The van der Waals surface area contributed by atoms with Gasteiger partial charge in [0.1, 0.15) is 17.8 Å². The number of nitrogens with zero attached hydrogens (tertiary/aromatic N) is 5. The second kappa shape index (κ2) is 7.63. The number of aromatic nitrogens is 5. The minimum Gasteiger partial charge on any atom is -0.497 e. The fraction of sp³-hybridized carbons (Fsp3) is 0.0714. The molecule has 7 rings (SSSR count). The zero-order chi connectivity index (χ0) is 23.4. The summed E-state index contributed by atoms with van der Waals surface area (Å²) in [6.07, 6.45) is 5.13. The van der Waals surface area contributed by atoms with E-state index in [1.807, 2.05) is 36.4 Å². The highest BCUT2D eigenvalue weighted by molar-refractivity contribution is 5.91. The van der Waals surface area contributed by atoms with Crippen LogP contribution in [0.4, 0.5) is 0 Å². The molecule has 0 bridgehead atoms. The molecule has 1 aliphatic rings. The summed E-state index contributed by atoms with van der Waals surface area (Å²) in [4.78, 5) is 13.7. The van der Waals surface area contributed by atoms with Crippen molar-refractivity contribution in [3.8, 4) is 28.8 Å². The summed E-state index contributed by atoms with van der Waals surface area (Å²) in [7, 11) is 1.67. The van der Waals surface area contributed by atoms with Gasteiger partial charge in [0.25, 0.3) is 0 Å². The van der Waals surface area contributed by atoms with Gasteiger partial charge in [-0.3, -0.25) is 4.98 Å². The minimum atomic E-state index is -0.156. The Labute approximate surface area is 200 Å². The molecular formula is C28H19N5O2.